The summed E-state index contributed by atoms with van der Waals surface area (Å²) in [5, 5.41) is 9.51. The molecule has 1 rings (SSSR count). The van der Waals surface area contributed by atoms with Gasteiger partial charge in [0.2, 0.25) is 0 Å². The molecular weight excluding hydrogens is 252 g/mol. The molecule has 0 spiro atoms. The third-order valence-electron chi connectivity index (χ3n) is 2.35. The van der Waals surface area contributed by atoms with Crippen molar-refractivity contribution in [1.29, 1.82) is 0 Å². The van der Waals surface area contributed by atoms with Gasteiger partial charge in [0.25, 0.3) is 10.2 Å². The molecule has 6 heteroatoms. The van der Waals surface area contributed by atoms with E-state index in [0.29, 0.717) is 6.54 Å². The molecule has 0 aliphatic carbocycles. The first-order valence-corrected chi connectivity index (χ1v) is 7.12. The molecule has 0 aromatic heterocycles. The molecule has 0 atom stereocenters. The zero-order valence-electron chi connectivity index (χ0n) is 10.9. The quantitative estimate of drug-likeness (QED) is 0.802. The van der Waals surface area contributed by atoms with Crippen LogP contribution in [0.15, 0.2) is 30.3 Å². The Kier molecular flexibility index (Phi) is 4.86. The average molecular weight is 272 g/mol. The number of hydrogen-bond donors (Lipinski definition) is 2. The van der Waals surface area contributed by atoms with Crippen LogP contribution in [0, 0.1) is 0 Å². The maximum absolute atomic E-state index is 11.9. The number of rotatable bonds is 6. The van der Waals surface area contributed by atoms with Crippen LogP contribution >= 0.6 is 0 Å². The second kappa shape index (κ2) is 5.79. The summed E-state index contributed by atoms with van der Waals surface area (Å²) in [5.41, 5.74) is -0.158. The molecule has 0 aliphatic rings. The lowest BCUT2D eigenvalue weighted by atomic mass is 10.1. The third kappa shape index (κ3) is 5.14. The Hall–Kier alpha value is -0.950. The molecule has 18 heavy (non-hydrogen) atoms. The van der Waals surface area contributed by atoms with Gasteiger partial charge in [-0.25, -0.2) is 0 Å². The molecule has 0 saturated carbocycles. The van der Waals surface area contributed by atoms with E-state index in [2.05, 4.69) is 4.72 Å². The lowest BCUT2D eigenvalue weighted by Crippen LogP contribution is -2.44. The van der Waals surface area contributed by atoms with Crippen molar-refractivity contribution >= 4 is 10.2 Å². The van der Waals surface area contributed by atoms with Gasteiger partial charge in [0, 0.05) is 20.1 Å². The van der Waals surface area contributed by atoms with Crippen LogP contribution in [0.3, 0.4) is 0 Å². The van der Waals surface area contributed by atoms with Crippen LogP contribution < -0.4 is 4.72 Å². The molecule has 0 amide bonds. The van der Waals surface area contributed by atoms with Crippen LogP contribution in [0.4, 0.5) is 0 Å². The highest BCUT2D eigenvalue weighted by atomic mass is 32.2. The van der Waals surface area contributed by atoms with E-state index in [1.165, 1.54) is 11.4 Å². The molecule has 0 bridgehead atoms. The van der Waals surface area contributed by atoms with Gasteiger partial charge in [-0.3, -0.25) is 0 Å². The van der Waals surface area contributed by atoms with Crippen molar-refractivity contribution in [3.8, 4) is 0 Å². The fourth-order valence-corrected chi connectivity index (χ4v) is 2.38. The highest BCUT2D eigenvalue weighted by molar-refractivity contribution is 7.87. The van der Waals surface area contributed by atoms with E-state index < -0.39 is 15.8 Å². The first kappa shape index (κ1) is 15.1. The van der Waals surface area contributed by atoms with Gasteiger partial charge >= 0.3 is 0 Å². The van der Waals surface area contributed by atoms with E-state index in [9.17, 15) is 13.5 Å². The fraction of sp³-hybridized carbons (Fsp3) is 0.500. The summed E-state index contributed by atoms with van der Waals surface area (Å²) in [5.74, 6) is 0. The van der Waals surface area contributed by atoms with Crippen molar-refractivity contribution in [2.45, 2.75) is 26.0 Å². The standard InChI is InChI=1S/C12H20N2O3S/c1-12(2,15)10-13-18(16,17)14(3)9-11-7-5-4-6-8-11/h4-8,13,15H,9-10H2,1-3H3. The van der Waals surface area contributed by atoms with Gasteiger partial charge in [-0.15, -0.1) is 0 Å². The van der Waals surface area contributed by atoms with Crippen molar-refractivity contribution in [3.63, 3.8) is 0 Å². The molecule has 102 valence electrons. The molecular formula is C12H20N2O3S. The Morgan fingerprint density at radius 3 is 2.33 bits per heavy atom. The Balaban J connectivity index is 2.63. The first-order chi connectivity index (χ1) is 8.21. The molecule has 0 radical (unpaired) electrons. The summed E-state index contributed by atoms with van der Waals surface area (Å²) in [6.45, 7) is 3.37. The SMILES string of the molecule is CN(Cc1ccccc1)S(=O)(=O)NCC(C)(C)O. The van der Waals surface area contributed by atoms with Gasteiger partial charge in [-0.2, -0.15) is 17.4 Å². The largest absolute Gasteiger partial charge is 0.389 e. The lowest BCUT2D eigenvalue weighted by molar-refractivity contribution is 0.0852. The van der Waals surface area contributed by atoms with Crippen molar-refractivity contribution in [2.24, 2.45) is 0 Å². The van der Waals surface area contributed by atoms with Gasteiger partial charge in [0.1, 0.15) is 0 Å². The van der Waals surface area contributed by atoms with Crippen LogP contribution in [-0.4, -0.2) is 37.0 Å². The highest BCUT2D eigenvalue weighted by Crippen LogP contribution is 2.06. The van der Waals surface area contributed by atoms with Gasteiger partial charge < -0.3 is 5.11 Å². The zero-order valence-corrected chi connectivity index (χ0v) is 11.7. The minimum atomic E-state index is -3.57. The molecule has 0 fully saturated rings. The van der Waals surface area contributed by atoms with Crippen LogP contribution in [0.5, 0.6) is 0 Å². The summed E-state index contributed by atoms with van der Waals surface area (Å²) in [7, 11) is -2.07. The highest BCUT2D eigenvalue weighted by Gasteiger charge is 2.21. The number of hydrogen-bond acceptors (Lipinski definition) is 3. The van der Waals surface area contributed by atoms with E-state index >= 15 is 0 Å². The second-order valence-corrected chi connectivity index (χ2v) is 6.74. The predicted molar refractivity (Wildman–Crippen MR) is 71.1 cm³/mol. The minimum Gasteiger partial charge on any atom is -0.389 e. The molecule has 2 N–H and O–H groups in total. The van der Waals surface area contributed by atoms with E-state index in [-0.39, 0.29) is 6.54 Å². The molecule has 1 aromatic carbocycles. The summed E-state index contributed by atoms with van der Waals surface area (Å²) in [6, 6.07) is 9.33. The van der Waals surface area contributed by atoms with Crippen molar-refractivity contribution in [3.05, 3.63) is 35.9 Å². The fourth-order valence-electron chi connectivity index (χ4n) is 1.30. The predicted octanol–water partition coefficient (Wildman–Crippen LogP) is 0.724. The Bertz CT molecular complexity index is 466. The Morgan fingerprint density at radius 1 is 1.28 bits per heavy atom. The molecule has 0 saturated heterocycles. The molecule has 0 unspecified atom stereocenters. The number of benzene rings is 1. The summed E-state index contributed by atoms with van der Waals surface area (Å²) < 4.78 is 27.4. The summed E-state index contributed by atoms with van der Waals surface area (Å²) in [4.78, 5) is 0. The first-order valence-electron chi connectivity index (χ1n) is 5.68. The van der Waals surface area contributed by atoms with Gasteiger partial charge in [-0.1, -0.05) is 30.3 Å². The molecule has 0 heterocycles. The number of aliphatic hydroxyl groups is 1. The monoisotopic (exact) mass is 272 g/mol. The second-order valence-electron chi connectivity index (χ2n) is 4.88. The number of nitrogens with zero attached hydrogens (tertiary/aromatic N) is 1. The maximum atomic E-state index is 11.9. The summed E-state index contributed by atoms with van der Waals surface area (Å²) in [6.07, 6.45) is 0. The van der Waals surface area contributed by atoms with Gasteiger partial charge in [-0.05, 0) is 19.4 Å². The minimum absolute atomic E-state index is 0.0194. The number of nitrogens with one attached hydrogen (secondary N) is 1. The normalized spacial score (nSPS) is 12.9. The van der Waals surface area contributed by atoms with Gasteiger partial charge in [0.15, 0.2) is 0 Å². The van der Waals surface area contributed by atoms with Crippen LogP contribution in [0.1, 0.15) is 19.4 Å². The Morgan fingerprint density at radius 2 is 1.83 bits per heavy atom. The third-order valence-corrected chi connectivity index (χ3v) is 3.80. The van der Waals surface area contributed by atoms with Crippen molar-refractivity contribution in [1.82, 2.24) is 9.03 Å². The van der Waals surface area contributed by atoms with Crippen molar-refractivity contribution in [2.75, 3.05) is 13.6 Å². The topological polar surface area (TPSA) is 69.6 Å². The Labute approximate surface area is 109 Å². The van der Waals surface area contributed by atoms with E-state index in [0.717, 1.165) is 5.56 Å². The molecule has 1 aromatic rings. The molecule has 0 aliphatic heterocycles. The van der Waals surface area contributed by atoms with Crippen LogP contribution in [-0.2, 0) is 16.8 Å². The van der Waals surface area contributed by atoms with Crippen LogP contribution in [0.25, 0.3) is 0 Å². The van der Waals surface area contributed by atoms with E-state index in [4.69, 9.17) is 0 Å². The smallest absolute Gasteiger partial charge is 0.279 e. The summed E-state index contributed by atoms with van der Waals surface area (Å²) >= 11 is 0. The van der Waals surface area contributed by atoms with Gasteiger partial charge in [0.05, 0.1) is 5.60 Å². The van der Waals surface area contributed by atoms with Crippen LogP contribution in [0.2, 0.25) is 0 Å². The van der Waals surface area contributed by atoms with E-state index in [1.54, 1.807) is 13.8 Å². The lowest BCUT2D eigenvalue weighted by Gasteiger charge is -2.22. The maximum Gasteiger partial charge on any atom is 0.279 e. The average Bonchev–Trinajstić information content (AvgIpc) is 2.27. The van der Waals surface area contributed by atoms with Crippen molar-refractivity contribution < 1.29 is 13.5 Å². The molecule has 5 nitrogen and oxygen atoms in total. The zero-order chi connectivity index (χ0) is 13.8. The van der Waals surface area contributed by atoms with E-state index in [1.807, 2.05) is 30.3 Å².